The molecule has 7 rings (SSSR count). The fourth-order valence-electron chi connectivity index (χ4n) is 7.13. The summed E-state index contributed by atoms with van der Waals surface area (Å²) in [6.45, 7) is 8.42. The number of nitrogens with zero attached hydrogens (tertiary/aromatic N) is 2. The molecule has 0 fully saturated rings. The lowest BCUT2D eigenvalue weighted by molar-refractivity contribution is -0.119. The molecule has 5 heteroatoms. The molecule has 54 heavy (non-hydrogen) atoms. The zero-order chi connectivity index (χ0) is 37.8. The van der Waals surface area contributed by atoms with Gasteiger partial charge in [0.1, 0.15) is 0 Å². The van der Waals surface area contributed by atoms with E-state index in [0.717, 1.165) is 45.0 Å². The number of hydrogen-bond acceptors (Lipinski definition) is 4. The first-order valence-electron chi connectivity index (χ1n) is 18.6. The molecule has 268 valence electrons. The van der Waals surface area contributed by atoms with Crippen molar-refractivity contribution in [3.05, 3.63) is 185 Å². The van der Waals surface area contributed by atoms with Crippen LogP contribution in [0.1, 0.15) is 72.9 Å². The van der Waals surface area contributed by atoms with Crippen molar-refractivity contribution >= 4 is 63.5 Å². The van der Waals surface area contributed by atoms with Crippen molar-refractivity contribution in [2.45, 2.75) is 39.5 Å². The number of anilines is 5. The van der Waals surface area contributed by atoms with Gasteiger partial charge in [-0.25, -0.2) is 4.90 Å². The highest BCUT2D eigenvalue weighted by Gasteiger charge is 2.42. The Labute approximate surface area is 318 Å². The first kappa shape index (κ1) is 35.9. The van der Waals surface area contributed by atoms with E-state index in [9.17, 15) is 9.59 Å². The van der Waals surface area contributed by atoms with Crippen LogP contribution in [0.2, 0.25) is 0 Å². The van der Waals surface area contributed by atoms with Crippen LogP contribution in [0.15, 0.2) is 152 Å². The Kier molecular flexibility index (Phi) is 10.4. The van der Waals surface area contributed by atoms with Gasteiger partial charge in [0.2, 0.25) is 0 Å². The van der Waals surface area contributed by atoms with Crippen LogP contribution in [0.5, 0.6) is 0 Å². The summed E-state index contributed by atoms with van der Waals surface area (Å²) in [5.41, 5.74) is 11.0. The minimum atomic E-state index is -0.310. The van der Waals surface area contributed by atoms with Crippen molar-refractivity contribution in [3.8, 4) is 0 Å². The minimum absolute atomic E-state index is 0.105. The molecule has 2 amide bonds. The average Bonchev–Trinajstić information content (AvgIpc) is 3.46. The van der Waals surface area contributed by atoms with Gasteiger partial charge in [0.15, 0.2) is 0 Å². The highest BCUT2D eigenvalue weighted by molar-refractivity contribution is 6.57. The lowest BCUT2D eigenvalue weighted by Crippen LogP contribution is -2.33. The van der Waals surface area contributed by atoms with Gasteiger partial charge in [0, 0.05) is 29.8 Å². The zero-order valence-electron chi connectivity index (χ0n) is 31.5. The van der Waals surface area contributed by atoms with E-state index >= 15 is 0 Å². The summed E-state index contributed by atoms with van der Waals surface area (Å²) in [5, 5.41) is 3.15. The van der Waals surface area contributed by atoms with E-state index in [0.29, 0.717) is 28.0 Å². The number of carbonyl (C=O) groups is 2. The van der Waals surface area contributed by atoms with Crippen LogP contribution in [0.3, 0.4) is 0 Å². The largest absolute Gasteiger partial charge is 0.388 e. The van der Waals surface area contributed by atoms with Crippen LogP contribution in [0.4, 0.5) is 28.4 Å². The molecule has 0 unspecified atom stereocenters. The highest BCUT2D eigenvalue weighted by Crippen LogP contribution is 2.44. The SMILES string of the molecule is CNc1ccc(/C=C/c2ccc(C3=C(c4ccc(N(c5ccccc5)c5ccccc5)cc4)C(=O)N(c4c(C(C)C)cccc4C(C)C)C3=O)cc2)cc1. The molecule has 1 aliphatic heterocycles. The summed E-state index contributed by atoms with van der Waals surface area (Å²) in [6, 6.07) is 50.6. The summed E-state index contributed by atoms with van der Waals surface area (Å²) in [7, 11) is 1.90. The van der Waals surface area contributed by atoms with E-state index in [1.807, 2.05) is 122 Å². The minimum Gasteiger partial charge on any atom is -0.388 e. The molecule has 1 aliphatic rings. The third-order valence-electron chi connectivity index (χ3n) is 9.96. The van der Waals surface area contributed by atoms with Crippen molar-refractivity contribution in [2.75, 3.05) is 22.2 Å². The number of carbonyl (C=O) groups excluding carboxylic acids is 2. The van der Waals surface area contributed by atoms with E-state index in [1.165, 1.54) is 4.90 Å². The molecule has 0 spiro atoms. The maximum Gasteiger partial charge on any atom is 0.266 e. The average molecular weight is 708 g/mol. The van der Waals surface area contributed by atoms with Gasteiger partial charge in [-0.15, -0.1) is 0 Å². The van der Waals surface area contributed by atoms with Crippen molar-refractivity contribution in [3.63, 3.8) is 0 Å². The number of rotatable bonds is 11. The quantitative estimate of drug-likeness (QED) is 0.108. The summed E-state index contributed by atoms with van der Waals surface area (Å²) in [5.74, 6) is -0.408. The second-order valence-corrected chi connectivity index (χ2v) is 14.2. The van der Waals surface area contributed by atoms with Crippen molar-refractivity contribution in [2.24, 2.45) is 0 Å². The molecule has 5 nitrogen and oxygen atoms in total. The van der Waals surface area contributed by atoms with Crippen molar-refractivity contribution < 1.29 is 9.59 Å². The van der Waals surface area contributed by atoms with Gasteiger partial charge in [-0.05, 0) is 93.7 Å². The topological polar surface area (TPSA) is 52.7 Å². The predicted octanol–water partition coefficient (Wildman–Crippen LogP) is 12.1. The number of benzene rings is 6. The first-order valence-corrected chi connectivity index (χ1v) is 18.6. The van der Waals surface area contributed by atoms with Crippen molar-refractivity contribution in [1.82, 2.24) is 0 Å². The molecule has 0 saturated carbocycles. The fraction of sp³-hybridized carbons (Fsp3) is 0.143. The van der Waals surface area contributed by atoms with Gasteiger partial charge >= 0.3 is 0 Å². The van der Waals surface area contributed by atoms with Gasteiger partial charge in [0.25, 0.3) is 11.8 Å². The fourth-order valence-corrected chi connectivity index (χ4v) is 7.13. The molecule has 0 aromatic heterocycles. The lowest BCUT2D eigenvalue weighted by atomic mass is 9.91. The Hall–Kier alpha value is -6.46. The normalized spacial score (nSPS) is 13.1. The Bertz CT molecular complexity index is 2260. The summed E-state index contributed by atoms with van der Waals surface area (Å²) in [4.78, 5) is 33.4. The van der Waals surface area contributed by atoms with E-state index in [2.05, 4.69) is 86.5 Å². The molecular weight excluding hydrogens is 663 g/mol. The van der Waals surface area contributed by atoms with Gasteiger partial charge < -0.3 is 10.2 Å². The van der Waals surface area contributed by atoms with Gasteiger partial charge in [0.05, 0.1) is 16.8 Å². The zero-order valence-corrected chi connectivity index (χ0v) is 31.5. The maximum atomic E-state index is 14.9. The van der Waals surface area contributed by atoms with Crippen LogP contribution in [-0.4, -0.2) is 18.9 Å². The van der Waals surface area contributed by atoms with Crippen LogP contribution in [0.25, 0.3) is 23.3 Å². The van der Waals surface area contributed by atoms with E-state index in [4.69, 9.17) is 0 Å². The summed E-state index contributed by atoms with van der Waals surface area (Å²) in [6.07, 6.45) is 4.12. The maximum absolute atomic E-state index is 14.9. The van der Waals surface area contributed by atoms with Crippen LogP contribution in [-0.2, 0) is 9.59 Å². The lowest BCUT2D eigenvalue weighted by Gasteiger charge is -2.26. The smallest absolute Gasteiger partial charge is 0.266 e. The summed E-state index contributed by atoms with van der Waals surface area (Å²) < 4.78 is 0. The van der Waals surface area contributed by atoms with Crippen LogP contribution >= 0.6 is 0 Å². The Morgan fingerprint density at radius 2 is 0.907 bits per heavy atom. The molecule has 0 saturated heterocycles. The molecule has 6 aromatic rings. The summed E-state index contributed by atoms with van der Waals surface area (Å²) >= 11 is 0. The van der Waals surface area contributed by atoms with E-state index in [-0.39, 0.29) is 23.7 Å². The molecule has 6 aromatic carbocycles. The third-order valence-corrected chi connectivity index (χ3v) is 9.96. The number of para-hydroxylation sites is 3. The monoisotopic (exact) mass is 707 g/mol. The molecule has 0 atom stereocenters. The Morgan fingerprint density at radius 1 is 0.500 bits per heavy atom. The standard InChI is InChI=1S/C49H45N3O2/c1-33(2)43-17-12-18-44(34(3)4)47(43)52-48(53)45(37-25-21-35(22-26-37)19-20-36-23-29-39(50-5)30-24-36)46(49(52)54)38-27-31-42(32-28-38)51(40-13-8-6-9-14-40)41-15-10-7-11-16-41/h6-34,50H,1-5H3/b20-19+. The predicted molar refractivity (Wildman–Crippen MR) is 226 cm³/mol. The molecule has 0 bridgehead atoms. The van der Waals surface area contributed by atoms with E-state index in [1.54, 1.807) is 0 Å². The van der Waals surface area contributed by atoms with Gasteiger partial charge in [-0.3, -0.25) is 9.59 Å². The van der Waals surface area contributed by atoms with E-state index < -0.39 is 0 Å². The molecule has 1 heterocycles. The van der Waals surface area contributed by atoms with Crippen LogP contribution < -0.4 is 15.1 Å². The molecule has 1 N–H and O–H groups in total. The van der Waals surface area contributed by atoms with Gasteiger partial charge in [-0.2, -0.15) is 0 Å². The molecule has 0 radical (unpaired) electrons. The molecule has 0 aliphatic carbocycles. The van der Waals surface area contributed by atoms with Gasteiger partial charge in [-0.1, -0.05) is 143 Å². The second kappa shape index (κ2) is 15.6. The molecular formula is C49H45N3O2. The first-order chi connectivity index (χ1) is 26.2. The number of nitrogens with one attached hydrogen (secondary N) is 1. The number of hydrogen-bond donors (Lipinski definition) is 1. The number of imide groups is 1. The highest BCUT2D eigenvalue weighted by atomic mass is 16.2. The van der Waals surface area contributed by atoms with Crippen molar-refractivity contribution in [1.29, 1.82) is 0 Å². The Morgan fingerprint density at radius 3 is 1.33 bits per heavy atom. The third kappa shape index (κ3) is 7.13. The number of amides is 2. The Balaban J connectivity index is 1.33. The second-order valence-electron chi connectivity index (χ2n) is 14.2. The van der Waals surface area contributed by atoms with Crippen LogP contribution in [0, 0.1) is 0 Å².